The van der Waals surface area contributed by atoms with Gasteiger partial charge >= 0.3 is 0 Å². The molecule has 2 N–H and O–H groups in total. The zero-order valence-corrected chi connectivity index (χ0v) is 14.9. The molecule has 0 amide bonds. The van der Waals surface area contributed by atoms with Gasteiger partial charge in [-0.05, 0) is 44.5 Å². The molecule has 1 aliphatic rings. The summed E-state index contributed by atoms with van der Waals surface area (Å²) in [6.07, 6.45) is 11.1. The lowest BCUT2D eigenvalue weighted by Gasteiger charge is -2.31. The highest BCUT2D eigenvalue weighted by molar-refractivity contribution is 5.57. The number of hydrogen-bond donors (Lipinski definition) is 2. The van der Waals surface area contributed by atoms with Gasteiger partial charge in [0.25, 0.3) is 0 Å². The first kappa shape index (κ1) is 16.7. The number of H-pyrrole nitrogens is 1. The molecule has 4 rings (SSSR count). The summed E-state index contributed by atoms with van der Waals surface area (Å²) in [5.74, 6) is 2.07. The standard InChI is InChI=1S/C19H23N7/c1-14-3-2-6-22-18(14)25-19-17(21-7-8-23-19)15-4-9-26(10-5-15)12-16-11-20-13-24-16/h2-3,6-8,11,13,15H,4-5,9-10,12H2,1H3,(H,20,24)(H,22,23,25). The monoisotopic (exact) mass is 349 g/mol. The van der Waals surface area contributed by atoms with Gasteiger partial charge in [-0.25, -0.2) is 15.0 Å². The van der Waals surface area contributed by atoms with Gasteiger partial charge in [0.2, 0.25) is 0 Å². The molecule has 0 radical (unpaired) electrons. The van der Waals surface area contributed by atoms with Crippen LogP contribution in [0.5, 0.6) is 0 Å². The Hall–Kier alpha value is -2.80. The molecule has 1 aliphatic heterocycles. The third-order valence-corrected chi connectivity index (χ3v) is 4.90. The van der Waals surface area contributed by atoms with Crippen molar-refractivity contribution < 1.29 is 0 Å². The van der Waals surface area contributed by atoms with Gasteiger partial charge in [0.15, 0.2) is 5.82 Å². The van der Waals surface area contributed by atoms with Gasteiger partial charge in [-0.2, -0.15) is 0 Å². The van der Waals surface area contributed by atoms with Crippen LogP contribution < -0.4 is 5.32 Å². The minimum absolute atomic E-state index is 0.410. The maximum atomic E-state index is 4.64. The molecule has 0 saturated carbocycles. The second-order valence-corrected chi connectivity index (χ2v) is 6.71. The first-order valence-corrected chi connectivity index (χ1v) is 8.99. The maximum absolute atomic E-state index is 4.64. The van der Waals surface area contributed by atoms with E-state index in [1.54, 1.807) is 24.9 Å². The first-order valence-electron chi connectivity index (χ1n) is 8.99. The largest absolute Gasteiger partial charge is 0.347 e. The quantitative estimate of drug-likeness (QED) is 0.737. The molecule has 1 saturated heterocycles. The number of rotatable bonds is 5. The van der Waals surface area contributed by atoms with Crippen molar-refractivity contribution >= 4 is 11.6 Å². The molecule has 4 heterocycles. The summed E-state index contributed by atoms with van der Waals surface area (Å²) in [6.45, 7) is 5.05. The van der Waals surface area contributed by atoms with Crippen molar-refractivity contribution in [3.63, 3.8) is 0 Å². The number of nitrogens with zero attached hydrogens (tertiary/aromatic N) is 5. The number of nitrogens with one attached hydrogen (secondary N) is 2. The van der Waals surface area contributed by atoms with Crippen molar-refractivity contribution in [1.82, 2.24) is 29.8 Å². The van der Waals surface area contributed by atoms with Crippen LogP contribution in [0.15, 0.2) is 43.2 Å². The molecule has 0 atom stereocenters. The fourth-order valence-corrected chi connectivity index (χ4v) is 3.45. The summed E-state index contributed by atoms with van der Waals surface area (Å²) in [5.41, 5.74) is 3.30. The highest BCUT2D eigenvalue weighted by atomic mass is 15.1. The lowest BCUT2D eigenvalue weighted by molar-refractivity contribution is 0.201. The van der Waals surface area contributed by atoms with E-state index in [0.29, 0.717) is 5.92 Å². The summed E-state index contributed by atoms with van der Waals surface area (Å²) < 4.78 is 0. The first-order chi connectivity index (χ1) is 12.8. The van der Waals surface area contributed by atoms with Gasteiger partial charge in [0.05, 0.1) is 12.0 Å². The molecule has 0 bridgehead atoms. The van der Waals surface area contributed by atoms with Gasteiger partial charge < -0.3 is 10.3 Å². The third kappa shape index (κ3) is 3.72. The minimum Gasteiger partial charge on any atom is -0.347 e. The van der Waals surface area contributed by atoms with Gasteiger partial charge in [0, 0.05) is 42.9 Å². The second-order valence-electron chi connectivity index (χ2n) is 6.71. The third-order valence-electron chi connectivity index (χ3n) is 4.90. The Balaban J connectivity index is 1.45. The number of likely N-dealkylation sites (tertiary alicyclic amines) is 1. The summed E-state index contributed by atoms with van der Waals surface area (Å²) in [6, 6.07) is 3.98. The molecule has 134 valence electrons. The Labute approximate surface area is 152 Å². The minimum atomic E-state index is 0.410. The average molecular weight is 349 g/mol. The van der Waals surface area contributed by atoms with Crippen LogP contribution in [-0.4, -0.2) is 42.9 Å². The Morgan fingerprint density at radius 3 is 2.69 bits per heavy atom. The molecule has 3 aromatic heterocycles. The summed E-state index contributed by atoms with van der Waals surface area (Å²) >= 11 is 0. The topological polar surface area (TPSA) is 82.6 Å². The van der Waals surface area contributed by atoms with Crippen LogP contribution in [0.4, 0.5) is 11.6 Å². The van der Waals surface area contributed by atoms with E-state index in [2.05, 4.69) is 35.1 Å². The van der Waals surface area contributed by atoms with E-state index in [9.17, 15) is 0 Å². The molecule has 7 heteroatoms. The second kappa shape index (κ2) is 7.61. The van der Waals surface area contributed by atoms with E-state index >= 15 is 0 Å². The highest BCUT2D eigenvalue weighted by Gasteiger charge is 2.24. The maximum Gasteiger partial charge on any atom is 0.153 e. The van der Waals surface area contributed by atoms with Crippen LogP contribution in [-0.2, 0) is 6.54 Å². The van der Waals surface area contributed by atoms with Gasteiger partial charge in [0.1, 0.15) is 5.82 Å². The van der Waals surface area contributed by atoms with Crippen molar-refractivity contribution in [1.29, 1.82) is 0 Å². The van der Waals surface area contributed by atoms with Crippen LogP contribution >= 0.6 is 0 Å². The number of aryl methyl sites for hydroxylation is 1. The molecule has 0 spiro atoms. The van der Waals surface area contributed by atoms with E-state index in [-0.39, 0.29) is 0 Å². The Morgan fingerprint density at radius 1 is 1.12 bits per heavy atom. The zero-order chi connectivity index (χ0) is 17.8. The van der Waals surface area contributed by atoms with Gasteiger partial charge in [-0.1, -0.05) is 6.07 Å². The number of imidazole rings is 1. The summed E-state index contributed by atoms with van der Waals surface area (Å²) in [4.78, 5) is 23.3. The van der Waals surface area contributed by atoms with Crippen molar-refractivity contribution in [2.75, 3.05) is 18.4 Å². The predicted molar refractivity (Wildman–Crippen MR) is 100 cm³/mol. The lowest BCUT2D eigenvalue weighted by Crippen LogP contribution is -2.33. The molecular weight excluding hydrogens is 326 g/mol. The lowest BCUT2D eigenvalue weighted by atomic mass is 9.93. The van der Waals surface area contributed by atoms with Crippen LogP contribution in [0.3, 0.4) is 0 Å². The smallest absolute Gasteiger partial charge is 0.153 e. The van der Waals surface area contributed by atoms with Crippen molar-refractivity contribution in [2.45, 2.75) is 32.2 Å². The van der Waals surface area contributed by atoms with E-state index in [0.717, 1.165) is 61.1 Å². The van der Waals surface area contributed by atoms with Gasteiger partial charge in [-0.15, -0.1) is 0 Å². The van der Waals surface area contributed by atoms with E-state index in [1.165, 1.54) is 0 Å². The predicted octanol–water partition coefficient (Wildman–Crippen LogP) is 3.03. The summed E-state index contributed by atoms with van der Waals surface area (Å²) in [7, 11) is 0. The SMILES string of the molecule is Cc1cccnc1Nc1nccnc1C1CCN(Cc2cnc[nH]2)CC1. The van der Waals surface area contributed by atoms with Crippen LogP contribution in [0.2, 0.25) is 0 Å². The molecule has 0 unspecified atom stereocenters. The Bertz CT molecular complexity index is 839. The van der Waals surface area contributed by atoms with Crippen molar-refractivity contribution in [3.8, 4) is 0 Å². The number of pyridine rings is 1. The molecule has 1 fully saturated rings. The number of aromatic amines is 1. The van der Waals surface area contributed by atoms with Gasteiger partial charge in [-0.3, -0.25) is 9.88 Å². The molecule has 7 nitrogen and oxygen atoms in total. The van der Waals surface area contributed by atoms with Crippen molar-refractivity contribution in [3.05, 3.63) is 60.2 Å². The van der Waals surface area contributed by atoms with Crippen LogP contribution in [0, 0.1) is 6.92 Å². The molecule has 3 aromatic rings. The number of anilines is 2. The highest BCUT2D eigenvalue weighted by Crippen LogP contribution is 2.32. The summed E-state index contributed by atoms with van der Waals surface area (Å²) in [5, 5.41) is 3.37. The normalized spacial score (nSPS) is 15.9. The molecule has 0 aliphatic carbocycles. The van der Waals surface area contributed by atoms with Crippen LogP contribution in [0.1, 0.15) is 35.7 Å². The van der Waals surface area contributed by atoms with Crippen molar-refractivity contribution in [2.24, 2.45) is 0 Å². The average Bonchev–Trinajstić information content (AvgIpc) is 3.18. The Kier molecular flexibility index (Phi) is 4.88. The zero-order valence-electron chi connectivity index (χ0n) is 14.9. The number of aromatic nitrogens is 5. The fraction of sp³-hybridized carbons (Fsp3) is 0.368. The fourth-order valence-electron chi connectivity index (χ4n) is 3.45. The van der Waals surface area contributed by atoms with E-state index in [4.69, 9.17) is 0 Å². The molecule has 26 heavy (non-hydrogen) atoms. The molecule has 0 aromatic carbocycles. The Morgan fingerprint density at radius 2 is 1.92 bits per heavy atom. The number of hydrogen-bond acceptors (Lipinski definition) is 6. The number of piperidine rings is 1. The van der Waals surface area contributed by atoms with Crippen LogP contribution in [0.25, 0.3) is 0 Å². The van der Waals surface area contributed by atoms with E-state index < -0.39 is 0 Å². The molecular formula is C19H23N7. The van der Waals surface area contributed by atoms with E-state index in [1.807, 2.05) is 25.3 Å².